The molecule has 0 aliphatic rings. The van der Waals surface area contributed by atoms with Gasteiger partial charge in [-0.25, -0.2) is 0 Å². The summed E-state index contributed by atoms with van der Waals surface area (Å²) in [6, 6.07) is 0. The highest BCUT2D eigenvalue weighted by molar-refractivity contribution is 5.71. The molecule has 0 amide bonds. The number of hydrogen-bond donors (Lipinski definition) is 0. The van der Waals surface area contributed by atoms with Crippen LogP contribution in [0.4, 0.5) is 0 Å². The SMILES string of the molecule is CCCCCCCCCCCCCCCCC(=O)O[C@@H](COC(=O)CCCCCCCCCCCCC)COC(=O)CCCCCCCCCCCCCCC. The normalized spacial score (nSPS) is 11.8. The van der Waals surface area contributed by atoms with Crippen LogP contribution in [-0.4, -0.2) is 37.2 Å². The van der Waals surface area contributed by atoms with Crippen LogP contribution in [0.2, 0.25) is 0 Å². The third kappa shape index (κ3) is 43.5. The van der Waals surface area contributed by atoms with E-state index in [1.165, 1.54) is 186 Å². The summed E-state index contributed by atoms with van der Waals surface area (Å²) in [5.74, 6) is -0.844. The molecule has 6 nitrogen and oxygen atoms in total. The molecule has 0 rings (SSSR count). The molecule has 0 aromatic carbocycles. The van der Waals surface area contributed by atoms with Gasteiger partial charge >= 0.3 is 17.9 Å². The summed E-state index contributed by atoms with van der Waals surface area (Å²) in [5.41, 5.74) is 0. The highest BCUT2D eigenvalue weighted by Gasteiger charge is 2.19. The second kappa shape index (κ2) is 46.1. The maximum Gasteiger partial charge on any atom is 0.306 e. The number of unbranched alkanes of at least 4 members (excludes halogenated alkanes) is 35. The van der Waals surface area contributed by atoms with Gasteiger partial charge in [-0.3, -0.25) is 14.4 Å². The molecular formula is C50H96O6. The van der Waals surface area contributed by atoms with Gasteiger partial charge in [0.2, 0.25) is 0 Å². The van der Waals surface area contributed by atoms with Crippen molar-refractivity contribution in [1.29, 1.82) is 0 Å². The summed E-state index contributed by atoms with van der Waals surface area (Å²) in [6.45, 7) is 6.67. The van der Waals surface area contributed by atoms with Gasteiger partial charge in [-0.1, -0.05) is 245 Å². The summed E-state index contributed by atoms with van der Waals surface area (Å²) in [7, 11) is 0. The van der Waals surface area contributed by atoms with Crippen molar-refractivity contribution in [2.24, 2.45) is 0 Å². The van der Waals surface area contributed by atoms with Crippen LogP contribution in [0, 0.1) is 0 Å². The molecule has 6 heteroatoms. The smallest absolute Gasteiger partial charge is 0.306 e. The molecule has 56 heavy (non-hydrogen) atoms. The fourth-order valence-corrected chi connectivity index (χ4v) is 7.56. The first-order valence-electron chi connectivity index (χ1n) is 25.0. The van der Waals surface area contributed by atoms with E-state index in [0.29, 0.717) is 19.3 Å². The largest absolute Gasteiger partial charge is 0.462 e. The van der Waals surface area contributed by atoms with Crippen LogP contribution >= 0.6 is 0 Å². The van der Waals surface area contributed by atoms with E-state index >= 15 is 0 Å². The minimum atomic E-state index is -0.758. The average molecular weight is 793 g/mol. The van der Waals surface area contributed by atoms with E-state index in [1.807, 2.05) is 0 Å². The van der Waals surface area contributed by atoms with Gasteiger partial charge in [0.05, 0.1) is 0 Å². The molecule has 0 radical (unpaired) electrons. The molecule has 0 aliphatic heterocycles. The van der Waals surface area contributed by atoms with Crippen LogP contribution in [0.25, 0.3) is 0 Å². The Hall–Kier alpha value is -1.59. The van der Waals surface area contributed by atoms with Gasteiger partial charge in [-0.05, 0) is 19.3 Å². The standard InChI is InChI=1S/C50H96O6/c1-4-7-10-13-16-19-22-24-26-29-32-35-38-41-44-50(53)56-47(45-54-48(51)42-39-36-33-30-27-21-18-15-12-9-6-3)46-55-49(52)43-40-37-34-31-28-25-23-20-17-14-11-8-5-2/h47H,4-46H2,1-3H3/t47-/m0/s1. The number of rotatable bonds is 46. The molecule has 332 valence electrons. The minimum Gasteiger partial charge on any atom is -0.462 e. The van der Waals surface area contributed by atoms with Crippen molar-refractivity contribution >= 4 is 17.9 Å². The summed E-state index contributed by atoms with van der Waals surface area (Å²) in [4.78, 5) is 37.8. The van der Waals surface area contributed by atoms with E-state index in [9.17, 15) is 14.4 Å². The fourth-order valence-electron chi connectivity index (χ4n) is 7.56. The van der Waals surface area contributed by atoms with Crippen molar-refractivity contribution in [2.45, 2.75) is 290 Å². The van der Waals surface area contributed by atoms with E-state index in [-0.39, 0.29) is 31.1 Å². The first kappa shape index (κ1) is 54.4. The van der Waals surface area contributed by atoms with E-state index in [1.54, 1.807) is 0 Å². The zero-order valence-corrected chi connectivity index (χ0v) is 37.9. The lowest BCUT2D eigenvalue weighted by Gasteiger charge is -2.18. The van der Waals surface area contributed by atoms with Gasteiger partial charge in [0.1, 0.15) is 13.2 Å². The van der Waals surface area contributed by atoms with Gasteiger partial charge in [-0.2, -0.15) is 0 Å². The zero-order valence-electron chi connectivity index (χ0n) is 37.9. The van der Waals surface area contributed by atoms with Crippen molar-refractivity contribution in [3.8, 4) is 0 Å². The Morgan fingerprint density at radius 3 is 0.714 bits per heavy atom. The number of ether oxygens (including phenoxy) is 3. The number of carbonyl (C=O) groups excluding carboxylic acids is 3. The summed E-state index contributed by atoms with van der Waals surface area (Å²) >= 11 is 0. The number of carbonyl (C=O) groups is 3. The van der Waals surface area contributed by atoms with Gasteiger partial charge in [0.15, 0.2) is 6.10 Å². The Morgan fingerprint density at radius 1 is 0.286 bits per heavy atom. The van der Waals surface area contributed by atoms with Gasteiger partial charge in [0.25, 0.3) is 0 Å². The second-order valence-electron chi connectivity index (χ2n) is 17.1. The van der Waals surface area contributed by atoms with Crippen LogP contribution in [0.3, 0.4) is 0 Å². The molecule has 1 atom stereocenters. The summed E-state index contributed by atoms with van der Waals surface area (Å²) in [5, 5.41) is 0. The monoisotopic (exact) mass is 793 g/mol. The third-order valence-corrected chi connectivity index (χ3v) is 11.4. The average Bonchev–Trinajstić information content (AvgIpc) is 3.19. The molecule has 0 N–H and O–H groups in total. The molecule has 0 bridgehead atoms. The zero-order chi connectivity index (χ0) is 40.8. The fraction of sp³-hybridized carbons (Fsp3) is 0.940. The maximum absolute atomic E-state index is 12.8. The predicted molar refractivity (Wildman–Crippen MR) is 238 cm³/mol. The molecule has 0 fully saturated rings. The van der Waals surface area contributed by atoms with Crippen molar-refractivity contribution < 1.29 is 28.6 Å². The molecule has 0 aromatic rings. The molecule has 0 saturated heterocycles. The Labute approximate surface area is 348 Å². The Balaban J connectivity index is 4.31. The lowest BCUT2D eigenvalue weighted by atomic mass is 10.0. The number of esters is 3. The van der Waals surface area contributed by atoms with Crippen LogP contribution < -0.4 is 0 Å². The van der Waals surface area contributed by atoms with Crippen LogP contribution in [0.1, 0.15) is 284 Å². The first-order chi connectivity index (χ1) is 27.5. The quantitative estimate of drug-likeness (QED) is 0.0347. The maximum atomic E-state index is 12.8. The van der Waals surface area contributed by atoms with Gasteiger partial charge in [-0.15, -0.1) is 0 Å². The molecule has 0 unspecified atom stereocenters. The molecule has 0 spiro atoms. The minimum absolute atomic E-state index is 0.0620. The van der Waals surface area contributed by atoms with E-state index in [4.69, 9.17) is 14.2 Å². The van der Waals surface area contributed by atoms with E-state index < -0.39 is 6.10 Å². The van der Waals surface area contributed by atoms with Gasteiger partial charge < -0.3 is 14.2 Å². The van der Waals surface area contributed by atoms with E-state index in [2.05, 4.69) is 20.8 Å². The predicted octanol–water partition coefficient (Wildman–Crippen LogP) is 16.0. The van der Waals surface area contributed by atoms with Crippen molar-refractivity contribution in [3.05, 3.63) is 0 Å². The Bertz CT molecular complexity index is 828. The highest BCUT2D eigenvalue weighted by Crippen LogP contribution is 2.16. The van der Waals surface area contributed by atoms with Gasteiger partial charge in [0, 0.05) is 19.3 Å². The lowest BCUT2D eigenvalue weighted by Crippen LogP contribution is -2.30. The van der Waals surface area contributed by atoms with Crippen LogP contribution in [-0.2, 0) is 28.6 Å². The van der Waals surface area contributed by atoms with Crippen LogP contribution in [0.5, 0.6) is 0 Å². The van der Waals surface area contributed by atoms with E-state index in [0.717, 1.165) is 57.8 Å². The highest BCUT2D eigenvalue weighted by atomic mass is 16.6. The van der Waals surface area contributed by atoms with Crippen LogP contribution in [0.15, 0.2) is 0 Å². The topological polar surface area (TPSA) is 78.9 Å². The lowest BCUT2D eigenvalue weighted by molar-refractivity contribution is -0.167. The van der Waals surface area contributed by atoms with Crippen molar-refractivity contribution in [3.63, 3.8) is 0 Å². The number of hydrogen-bond acceptors (Lipinski definition) is 6. The first-order valence-corrected chi connectivity index (χ1v) is 25.0. The van der Waals surface area contributed by atoms with Crippen molar-refractivity contribution in [2.75, 3.05) is 13.2 Å². The Morgan fingerprint density at radius 2 is 0.482 bits per heavy atom. The summed E-state index contributed by atoms with van der Waals surface area (Å²) in [6.07, 6.45) is 47.9. The molecule has 0 aliphatic carbocycles. The second-order valence-corrected chi connectivity index (χ2v) is 17.1. The molecule has 0 saturated carbocycles. The molecule has 0 heterocycles. The Kier molecular flexibility index (Phi) is 44.8. The third-order valence-electron chi connectivity index (χ3n) is 11.4. The molecule has 0 aromatic heterocycles. The summed E-state index contributed by atoms with van der Waals surface area (Å²) < 4.78 is 16.8. The molecular weight excluding hydrogens is 697 g/mol. The van der Waals surface area contributed by atoms with Crippen molar-refractivity contribution in [1.82, 2.24) is 0 Å².